The quantitative estimate of drug-likeness (QED) is 0.393. The van der Waals surface area contributed by atoms with Crippen molar-refractivity contribution in [2.75, 3.05) is 6.54 Å². The molecule has 38 heavy (non-hydrogen) atoms. The molecule has 0 bridgehead atoms. The van der Waals surface area contributed by atoms with Gasteiger partial charge < -0.3 is 14.8 Å². The Balaban J connectivity index is 1.20. The molecule has 6 nitrogen and oxygen atoms in total. The van der Waals surface area contributed by atoms with E-state index in [0.717, 1.165) is 12.1 Å². The molecule has 6 heteroatoms. The third-order valence-electron chi connectivity index (χ3n) is 8.23. The molecule has 0 saturated carbocycles. The first-order valence-corrected chi connectivity index (χ1v) is 13.1. The van der Waals surface area contributed by atoms with Crippen LogP contribution in [-0.4, -0.2) is 38.4 Å². The van der Waals surface area contributed by atoms with Crippen LogP contribution >= 0.6 is 0 Å². The molecule has 3 atom stereocenters. The molecule has 1 N–H and O–H groups in total. The van der Waals surface area contributed by atoms with E-state index >= 15 is 0 Å². The lowest BCUT2D eigenvalue weighted by Crippen LogP contribution is -2.34. The molecule has 0 fully saturated rings. The van der Waals surface area contributed by atoms with Gasteiger partial charge in [-0.2, -0.15) is 0 Å². The second-order valence-corrected chi connectivity index (χ2v) is 10.2. The molecule has 184 valence electrons. The lowest BCUT2D eigenvalue weighted by molar-refractivity contribution is 0.364. The Kier molecular flexibility index (Phi) is 4.74. The first-order chi connectivity index (χ1) is 18.9. The number of hydrogen-bond acceptors (Lipinski definition) is 5. The zero-order chi connectivity index (χ0) is 25.1. The van der Waals surface area contributed by atoms with Crippen LogP contribution in [-0.2, 0) is 0 Å². The monoisotopic (exact) mass is 494 g/mol. The van der Waals surface area contributed by atoms with Crippen molar-refractivity contribution in [3.63, 3.8) is 0 Å². The molecule has 3 unspecified atom stereocenters. The van der Waals surface area contributed by atoms with Gasteiger partial charge in [-0.1, -0.05) is 54.6 Å². The van der Waals surface area contributed by atoms with E-state index in [1.54, 1.807) is 12.7 Å². The van der Waals surface area contributed by atoms with Gasteiger partial charge in [-0.3, -0.25) is 4.99 Å². The van der Waals surface area contributed by atoms with Gasteiger partial charge in [0.15, 0.2) is 0 Å². The first-order valence-electron chi connectivity index (χ1n) is 13.1. The molecule has 2 aliphatic carbocycles. The van der Waals surface area contributed by atoms with E-state index in [0.29, 0.717) is 24.4 Å². The molecule has 4 aromatic rings. The van der Waals surface area contributed by atoms with Crippen LogP contribution in [0.3, 0.4) is 0 Å². The van der Waals surface area contributed by atoms with Crippen LogP contribution in [0.2, 0.25) is 0 Å². The van der Waals surface area contributed by atoms with Crippen LogP contribution in [0.5, 0.6) is 0 Å². The fourth-order valence-electron chi connectivity index (χ4n) is 6.59. The number of para-hydroxylation sites is 1. The summed E-state index contributed by atoms with van der Waals surface area (Å²) in [7, 11) is 0. The van der Waals surface area contributed by atoms with E-state index in [1.807, 2.05) is 12.4 Å². The largest absolute Gasteiger partial charge is 0.351 e. The minimum Gasteiger partial charge on any atom is -0.351 e. The highest BCUT2D eigenvalue weighted by Crippen LogP contribution is 2.47. The summed E-state index contributed by atoms with van der Waals surface area (Å²) in [4.78, 5) is 15.5. The summed E-state index contributed by atoms with van der Waals surface area (Å²) in [5.74, 6) is 0.717. The SMILES string of the molecule is C1=CC2C3=C(C=CC(c4ccc5c(c4)c4ccccc4n5-c4cncnc4)C3)N(C3=CNC=NC3)C2C=C1. The van der Waals surface area contributed by atoms with Gasteiger partial charge in [0.25, 0.3) is 0 Å². The molecular formula is C32H26N6. The van der Waals surface area contributed by atoms with Crippen molar-refractivity contribution in [2.24, 2.45) is 10.9 Å². The van der Waals surface area contributed by atoms with E-state index in [9.17, 15) is 0 Å². The lowest BCUT2D eigenvalue weighted by Gasteiger charge is -2.32. The summed E-state index contributed by atoms with van der Waals surface area (Å²) in [6, 6.07) is 15.9. The molecular weight excluding hydrogens is 468 g/mol. The third kappa shape index (κ3) is 3.16. The van der Waals surface area contributed by atoms with Crippen LogP contribution in [0, 0.1) is 5.92 Å². The van der Waals surface area contributed by atoms with Crippen molar-refractivity contribution in [3.05, 3.63) is 126 Å². The molecule has 2 aromatic heterocycles. The number of nitrogens with zero attached hydrogens (tertiary/aromatic N) is 5. The Bertz CT molecular complexity index is 1770. The molecule has 0 spiro atoms. The highest BCUT2D eigenvalue weighted by Gasteiger charge is 2.41. The number of aliphatic imine (C=N–C) groups is 1. The number of hydrogen-bond donors (Lipinski definition) is 1. The minimum absolute atomic E-state index is 0.309. The molecule has 0 amide bonds. The van der Waals surface area contributed by atoms with E-state index < -0.39 is 0 Å². The second kappa shape index (κ2) is 8.42. The summed E-state index contributed by atoms with van der Waals surface area (Å²) >= 11 is 0. The predicted molar refractivity (Wildman–Crippen MR) is 152 cm³/mol. The van der Waals surface area contributed by atoms with E-state index in [-0.39, 0.29) is 0 Å². The standard InChI is InChI=1S/C32H26N6/c1-3-7-29-25(5-1)27-13-21(9-11-31(27)37(29)23-15-33-19-34-16-23)22-10-12-32-28(14-22)26-6-2-4-8-30(26)38(32)24-17-35-20-36-18-24/h1-13,15-17,19-20,22,26,30H,14,18H2,(H,35,36). The highest BCUT2D eigenvalue weighted by molar-refractivity contribution is 6.09. The van der Waals surface area contributed by atoms with Crippen LogP contribution in [0.4, 0.5) is 0 Å². The van der Waals surface area contributed by atoms with Crippen molar-refractivity contribution in [2.45, 2.75) is 18.4 Å². The molecule has 0 saturated heterocycles. The van der Waals surface area contributed by atoms with E-state index in [2.05, 4.69) is 115 Å². The lowest BCUT2D eigenvalue weighted by atomic mass is 9.80. The zero-order valence-corrected chi connectivity index (χ0v) is 20.8. The Hall–Kier alpha value is -4.71. The Morgan fingerprint density at radius 1 is 0.895 bits per heavy atom. The predicted octanol–water partition coefficient (Wildman–Crippen LogP) is 5.77. The fourth-order valence-corrected chi connectivity index (χ4v) is 6.59. The number of allylic oxidation sites excluding steroid dienone is 4. The maximum absolute atomic E-state index is 4.47. The van der Waals surface area contributed by atoms with Gasteiger partial charge in [0.05, 0.1) is 53.7 Å². The van der Waals surface area contributed by atoms with Gasteiger partial charge in [0, 0.05) is 34.5 Å². The highest BCUT2D eigenvalue weighted by atomic mass is 15.2. The number of nitrogens with one attached hydrogen (secondary N) is 1. The van der Waals surface area contributed by atoms with Gasteiger partial charge in [-0.05, 0) is 41.8 Å². The Morgan fingerprint density at radius 3 is 2.66 bits per heavy atom. The van der Waals surface area contributed by atoms with Crippen LogP contribution in [0.25, 0.3) is 27.5 Å². The smallest absolute Gasteiger partial charge is 0.115 e. The fraction of sp³-hybridized carbons (Fsp3) is 0.156. The van der Waals surface area contributed by atoms with Crippen molar-refractivity contribution in [1.82, 2.24) is 24.8 Å². The molecule has 2 aliphatic heterocycles. The summed E-state index contributed by atoms with van der Waals surface area (Å²) in [6.45, 7) is 0.703. The summed E-state index contributed by atoms with van der Waals surface area (Å²) in [5, 5.41) is 5.70. The van der Waals surface area contributed by atoms with E-state index in [1.165, 1.54) is 44.3 Å². The average Bonchev–Trinajstić information content (AvgIpc) is 3.50. The van der Waals surface area contributed by atoms with Crippen molar-refractivity contribution in [1.29, 1.82) is 0 Å². The summed E-state index contributed by atoms with van der Waals surface area (Å²) in [6.07, 6.45) is 24.0. The Morgan fingerprint density at radius 2 is 1.76 bits per heavy atom. The second-order valence-electron chi connectivity index (χ2n) is 10.2. The normalized spacial score (nSPS) is 23.6. The average molecular weight is 495 g/mol. The van der Waals surface area contributed by atoms with Crippen molar-refractivity contribution in [3.8, 4) is 5.69 Å². The minimum atomic E-state index is 0.309. The van der Waals surface area contributed by atoms with Gasteiger partial charge in [-0.15, -0.1) is 0 Å². The van der Waals surface area contributed by atoms with Gasteiger partial charge in [0.2, 0.25) is 0 Å². The number of fused-ring (bicyclic) bond motifs is 5. The molecule has 0 radical (unpaired) electrons. The molecule has 4 heterocycles. The van der Waals surface area contributed by atoms with Gasteiger partial charge in [0.1, 0.15) is 6.33 Å². The maximum Gasteiger partial charge on any atom is 0.115 e. The van der Waals surface area contributed by atoms with Crippen LogP contribution in [0.15, 0.2) is 126 Å². The van der Waals surface area contributed by atoms with E-state index in [4.69, 9.17) is 0 Å². The van der Waals surface area contributed by atoms with Gasteiger partial charge in [-0.25, -0.2) is 9.97 Å². The maximum atomic E-state index is 4.47. The van der Waals surface area contributed by atoms with Crippen LogP contribution in [0.1, 0.15) is 17.9 Å². The summed E-state index contributed by atoms with van der Waals surface area (Å²) in [5.41, 5.74) is 8.74. The van der Waals surface area contributed by atoms with Gasteiger partial charge >= 0.3 is 0 Å². The van der Waals surface area contributed by atoms with Crippen LogP contribution < -0.4 is 5.32 Å². The molecule has 8 rings (SSSR count). The number of aromatic nitrogens is 3. The summed E-state index contributed by atoms with van der Waals surface area (Å²) < 4.78 is 2.26. The third-order valence-corrected chi connectivity index (χ3v) is 8.23. The number of benzene rings is 2. The molecule has 4 aliphatic rings. The van der Waals surface area contributed by atoms with Crippen molar-refractivity contribution < 1.29 is 0 Å². The Labute approximate surface area is 220 Å². The number of rotatable bonds is 3. The molecule has 2 aromatic carbocycles. The zero-order valence-electron chi connectivity index (χ0n) is 20.8. The van der Waals surface area contributed by atoms with Crippen molar-refractivity contribution >= 4 is 28.1 Å². The first kappa shape index (κ1) is 21.4. The topological polar surface area (TPSA) is 58.3 Å².